The molecule has 1 aromatic rings. The van der Waals surface area contributed by atoms with Crippen molar-refractivity contribution in [3.05, 3.63) is 42.5 Å². The van der Waals surface area contributed by atoms with E-state index in [1.807, 2.05) is 18.2 Å². The maximum absolute atomic E-state index is 5.98. The number of hydrazine groups is 1. The Morgan fingerprint density at radius 2 is 2.21 bits per heavy atom. The zero-order valence-corrected chi connectivity index (χ0v) is 11.5. The van der Waals surface area contributed by atoms with E-state index in [-0.39, 0.29) is 12.1 Å². The molecule has 0 saturated carbocycles. The van der Waals surface area contributed by atoms with Crippen LogP contribution in [-0.4, -0.2) is 12.1 Å². The van der Waals surface area contributed by atoms with E-state index in [1.54, 1.807) is 0 Å². The van der Waals surface area contributed by atoms with Gasteiger partial charge in [-0.25, -0.2) is 0 Å². The van der Waals surface area contributed by atoms with E-state index in [0.717, 1.165) is 25.0 Å². The average molecular weight is 260 g/mol. The number of fused-ring (bicyclic) bond motifs is 1. The van der Waals surface area contributed by atoms with Gasteiger partial charge in [-0.05, 0) is 30.9 Å². The predicted octanol–water partition coefficient (Wildman–Crippen LogP) is 2.96. The maximum atomic E-state index is 5.98. The first-order valence-electron chi connectivity index (χ1n) is 7.16. The van der Waals surface area contributed by atoms with Crippen LogP contribution >= 0.6 is 0 Å². The number of benzene rings is 1. The highest BCUT2D eigenvalue weighted by Crippen LogP contribution is 2.30. The number of unbranched alkanes of at least 4 members (excludes halogenated alkanes) is 3. The summed E-state index contributed by atoms with van der Waals surface area (Å²) in [5.74, 6) is 6.70. The quantitative estimate of drug-likeness (QED) is 0.327. The molecule has 2 atom stereocenters. The van der Waals surface area contributed by atoms with Crippen molar-refractivity contribution >= 4 is 0 Å². The van der Waals surface area contributed by atoms with E-state index >= 15 is 0 Å². The molecule has 0 bridgehead atoms. The number of hydrogen-bond donors (Lipinski definition) is 2. The number of rotatable bonds is 8. The third-order valence-electron chi connectivity index (χ3n) is 3.76. The van der Waals surface area contributed by atoms with E-state index < -0.39 is 0 Å². The van der Waals surface area contributed by atoms with Crippen molar-refractivity contribution in [2.45, 2.75) is 50.7 Å². The number of hydrogen-bond acceptors (Lipinski definition) is 3. The second-order valence-electron chi connectivity index (χ2n) is 5.17. The maximum Gasteiger partial charge on any atom is 0.123 e. The molecular weight excluding hydrogens is 236 g/mol. The molecule has 0 spiro atoms. The Bertz CT molecular complexity index is 380. The first kappa shape index (κ1) is 14.1. The van der Waals surface area contributed by atoms with Crippen LogP contribution in [0.2, 0.25) is 0 Å². The van der Waals surface area contributed by atoms with Crippen LogP contribution in [0.1, 0.15) is 37.7 Å². The van der Waals surface area contributed by atoms with Gasteiger partial charge in [0, 0.05) is 6.42 Å². The monoisotopic (exact) mass is 260 g/mol. The number of allylic oxidation sites excluding steroid dienone is 1. The molecule has 0 amide bonds. The van der Waals surface area contributed by atoms with Gasteiger partial charge in [0.2, 0.25) is 0 Å². The van der Waals surface area contributed by atoms with Gasteiger partial charge in [-0.3, -0.25) is 11.3 Å². The van der Waals surface area contributed by atoms with Gasteiger partial charge in [0.25, 0.3) is 0 Å². The lowest BCUT2D eigenvalue weighted by Crippen LogP contribution is -2.46. The summed E-state index contributed by atoms with van der Waals surface area (Å²) < 4.78 is 5.98. The standard InChI is InChI=1S/C16H24N2O/c1-2-3-4-5-6-10-14(18-17)16-12-13-9-7-8-11-15(13)19-16/h2,7-9,11,14,16,18H,1,3-6,10,12,17H2. The lowest BCUT2D eigenvalue weighted by molar-refractivity contribution is 0.170. The van der Waals surface area contributed by atoms with Crippen molar-refractivity contribution in [3.63, 3.8) is 0 Å². The fourth-order valence-corrected chi connectivity index (χ4v) is 2.64. The second-order valence-corrected chi connectivity index (χ2v) is 5.17. The van der Waals surface area contributed by atoms with Crippen LogP contribution in [0.4, 0.5) is 0 Å². The summed E-state index contributed by atoms with van der Waals surface area (Å²) in [4.78, 5) is 0. The van der Waals surface area contributed by atoms with E-state index in [1.165, 1.54) is 24.8 Å². The minimum atomic E-state index is 0.168. The first-order valence-corrected chi connectivity index (χ1v) is 7.16. The summed E-state index contributed by atoms with van der Waals surface area (Å²) in [5, 5.41) is 0. The molecule has 0 fully saturated rings. The fraction of sp³-hybridized carbons (Fsp3) is 0.500. The fourth-order valence-electron chi connectivity index (χ4n) is 2.64. The Labute approximate surface area is 115 Å². The summed E-state index contributed by atoms with van der Waals surface area (Å²) in [6.07, 6.45) is 8.89. The van der Waals surface area contributed by atoms with Crippen LogP contribution in [-0.2, 0) is 6.42 Å². The molecule has 1 heterocycles. The number of para-hydroxylation sites is 1. The lowest BCUT2D eigenvalue weighted by Gasteiger charge is -2.22. The molecule has 1 aromatic carbocycles. The largest absolute Gasteiger partial charge is 0.488 e. The third-order valence-corrected chi connectivity index (χ3v) is 3.76. The van der Waals surface area contributed by atoms with Crippen LogP contribution in [0.15, 0.2) is 36.9 Å². The molecule has 2 unspecified atom stereocenters. The van der Waals surface area contributed by atoms with Crippen LogP contribution in [0.25, 0.3) is 0 Å². The van der Waals surface area contributed by atoms with E-state index in [4.69, 9.17) is 10.6 Å². The molecule has 0 radical (unpaired) electrons. The van der Waals surface area contributed by atoms with Crippen LogP contribution in [0.3, 0.4) is 0 Å². The molecule has 0 saturated heterocycles. The van der Waals surface area contributed by atoms with Gasteiger partial charge >= 0.3 is 0 Å². The SMILES string of the molecule is C=CCCCCCC(NN)C1Cc2ccccc2O1. The molecule has 3 heteroatoms. The summed E-state index contributed by atoms with van der Waals surface area (Å²) in [6.45, 7) is 3.74. The molecular formula is C16H24N2O. The summed E-state index contributed by atoms with van der Waals surface area (Å²) in [6, 6.07) is 8.47. The molecule has 19 heavy (non-hydrogen) atoms. The minimum absolute atomic E-state index is 0.168. The van der Waals surface area contributed by atoms with Crippen molar-refractivity contribution in [2.24, 2.45) is 5.84 Å². The molecule has 2 rings (SSSR count). The Hall–Kier alpha value is -1.32. The Balaban J connectivity index is 1.78. The topological polar surface area (TPSA) is 47.3 Å². The molecule has 0 aliphatic carbocycles. The van der Waals surface area contributed by atoms with Crippen LogP contribution in [0.5, 0.6) is 5.75 Å². The Kier molecular flexibility index (Phi) is 5.43. The zero-order valence-electron chi connectivity index (χ0n) is 11.5. The van der Waals surface area contributed by atoms with Gasteiger partial charge < -0.3 is 4.74 Å². The highest BCUT2D eigenvalue weighted by atomic mass is 16.5. The average Bonchev–Trinajstić information content (AvgIpc) is 2.86. The van der Waals surface area contributed by atoms with Gasteiger partial charge in [0.15, 0.2) is 0 Å². The smallest absolute Gasteiger partial charge is 0.123 e. The minimum Gasteiger partial charge on any atom is -0.488 e. The first-order chi connectivity index (χ1) is 9.35. The second kappa shape index (κ2) is 7.31. The third kappa shape index (κ3) is 3.82. The summed E-state index contributed by atoms with van der Waals surface area (Å²) in [5.41, 5.74) is 4.22. The number of ether oxygens (including phenoxy) is 1. The van der Waals surface area contributed by atoms with Crippen molar-refractivity contribution in [2.75, 3.05) is 0 Å². The number of nitrogens with two attached hydrogens (primary N) is 1. The van der Waals surface area contributed by atoms with E-state index in [9.17, 15) is 0 Å². The molecule has 1 aliphatic rings. The Morgan fingerprint density at radius 1 is 1.37 bits per heavy atom. The molecule has 3 N–H and O–H groups in total. The van der Waals surface area contributed by atoms with Gasteiger partial charge in [0.05, 0.1) is 6.04 Å². The van der Waals surface area contributed by atoms with Gasteiger partial charge in [-0.1, -0.05) is 37.1 Å². The van der Waals surface area contributed by atoms with Gasteiger partial charge in [-0.2, -0.15) is 0 Å². The summed E-state index contributed by atoms with van der Waals surface area (Å²) >= 11 is 0. The number of nitrogens with one attached hydrogen (secondary N) is 1. The predicted molar refractivity (Wildman–Crippen MR) is 79.0 cm³/mol. The highest BCUT2D eigenvalue weighted by Gasteiger charge is 2.28. The molecule has 104 valence electrons. The van der Waals surface area contributed by atoms with Crippen molar-refractivity contribution < 1.29 is 4.74 Å². The molecule has 3 nitrogen and oxygen atoms in total. The lowest BCUT2D eigenvalue weighted by atomic mass is 9.99. The van der Waals surface area contributed by atoms with E-state index in [0.29, 0.717) is 0 Å². The Morgan fingerprint density at radius 3 is 2.95 bits per heavy atom. The van der Waals surface area contributed by atoms with Gasteiger partial charge in [-0.15, -0.1) is 6.58 Å². The van der Waals surface area contributed by atoms with Gasteiger partial charge in [0.1, 0.15) is 11.9 Å². The van der Waals surface area contributed by atoms with Crippen molar-refractivity contribution in [1.82, 2.24) is 5.43 Å². The van der Waals surface area contributed by atoms with Crippen molar-refractivity contribution in [1.29, 1.82) is 0 Å². The normalized spacial score (nSPS) is 18.7. The van der Waals surface area contributed by atoms with Crippen LogP contribution in [0, 0.1) is 0 Å². The zero-order chi connectivity index (χ0) is 13.5. The van der Waals surface area contributed by atoms with E-state index in [2.05, 4.69) is 24.1 Å². The molecule has 1 aliphatic heterocycles. The van der Waals surface area contributed by atoms with Crippen molar-refractivity contribution in [3.8, 4) is 5.75 Å². The highest BCUT2D eigenvalue weighted by molar-refractivity contribution is 5.37. The summed E-state index contributed by atoms with van der Waals surface area (Å²) in [7, 11) is 0. The molecule has 0 aromatic heterocycles. The van der Waals surface area contributed by atoms with Crippen LogP contribution < -0.4 is 16.0 Å².